The van der Waals surface area contributed by atoms with Crippen LogP contribution in [-0.4, -0.2) is 32.8 Å². The SMILES string of the molecule is CC1CCCC(C)N1C(=O)Nc1cc(-c2ccccc2)n(C)n1. The molecule has 5 nitrogen and oxygen atoms in total. The Balaban J connectivity index is 1.77. The van der Waals surface area contributed by atoms with E-state index < -0.39 is 0 Å². The average Bonchev–Trinajstić information content (AvgIpc) is 2.88. The third-order valence-corrected chi connectivity index (χ3v) is 4.61. The molecule has 1 N–H and O–H groups in total. The van der Waals surface area contributed by atoms with Crippen LogP contribution >= 0.6 is 0 Å². The zero-order chi connectivity index (χ0) is 16.4. The van der Waals surface area contributed by atoms with Crippen LogP contribution in [0.1, 0.15) is 33.1 Å². The van der Waals surface area contributed by atoms with Gasteiger partial charge in [0, 0.05) is 25.2 Å². The van der Waals surface area contributed by atoms with Crippen LogP contribution in [0.25, 0.3) is 11.3 Å². The molecule has 23 heavy (non-hydrogen) atoms. The normalized spacial score (nSPS) is 21.3. The Labute approximate surface area is 137 Å². The van der Waals surface area contributed by atoms with Crippen molar-refractivity contribution in [2.75, 3.05) is 5.32 Å². The minimum atomic E-state index is -0.0533. The highest BCUT2D eigenvalue weighted by Crippen LogP contribution is 2.25. The molecule has 1 aromatic carbocycles. The number of likely N-dealkylation sites (tertiary alicyclic amines) is 1. The fraction of sp³-hybridized carbons (Fsp3) is 0.444. The summed E-state index contributed by atoms with van der Waals surface area (Å²) in [6.07, 6.45) is 3.32. The van der Waals surface area contributed by atoms with Crippen LogP contribution in [0, 0.1) is 0 Å². The maximum Gasteiger partial charge on any atom is 0.323 e. The first-order chi connectivity index (χ1) is 11.1. The molecule has 0 spiro atoms. The summed E-state index contributed by atoms with van der Waals surface area (Å²) in [5, 5.41) is 7.39. The third-order valence-electron chi connectivity index (χ3n) is 4.61. The van der Waals surface area contributed by atoms with Gasteiger partial charge in [-0.05, 0) is 38.7 Å². The van der Waals surface area contributed by atoms with Crippen molar-refractivity contribution < 1.29 is 4.79 Å². The molecular formula is C18H24N4O. The van der Waals surface area contributed by atoms with Crippen LogP contribution in [0.15, 0.2) is 36.4 Å². The molecule has 2 amide bonds. The third kappa shape index (κ3) is 3.23. The summed E-state index contributed by atoms with van der Waals surface area (Å²) in [7, 11) is 1.89. The van der Waals surface area contributed by atoms with Gasteiger partial charge < -0.3 is 4.90 Å². The highest BCUT2D eigenvalue weighted by atomic mass is 16.2. The molecule has 2 atom stereocenters. The smallest absolute Gasteiger partial charge is 0.319 e. The number of benzene rings is 1. The number of hydrogen-bond acceptors (Lipinski definition) is 2. The Morgan fingerprint density at radius 1 is 1.17 bits per heavy atom. The van der Waals surface area contributed by atoms with Gasteiger partial charge in [0.15, 0.2) is 5.82 Å². The van der Waals surface area contributed by atoms with E-state index >= 15 is 0 Å². The summed E-state index contributed by atoms with van der Waals surface area (Å²) in [6.45, 7) is 4.23. The molecule has 0 aliphatic carbocycles. The van der Waals surface area contributed by atoms with Gasteiger partial charge in [0.25, 0.3) is 0 Å². The molecule has 2 unspecified atom stereocenters. The van der Waals surface area contributed by atoms with Crippen molar-refractivity contribution in [2.24, 2.45) is 7.05 Å². The largest absolute Gasteiger partial charge is 0.323 e. The zero-order valence-electron chi connectivity index (χ0n) is 14.0. The quantitative estimate of drug-likeness (QED) is 0.915. The van der Waals surface area contributed by atoms with E-state index in [1.165, 1.54) is 6.42 Å². The maximum absolute atomic E-state index is 12.6. The molecule has 0 radical (unpaired) electrons. The fourth-order valence-corrected chi connectivity index (χ4v) is 3.40. The van der Waals surface area contributed by atoms with Gasteiger partial charge in [-0.15, -0.1) is 0 Å². The number of piperidine rings is 1. The first kappa shape index (κ1) is 15.6. The lowest BCUT2D eigenvalue weighted by Gasteiger charge is -2.38. The van der Waals surface area contributed by atoms with Crippen molar-refractivity contribution in [1.29, 1.82) is 0 Å². The number of amides is 2. The second kappa shape index (κ2) is 6.44. The lowest BCUT2D eigenvalue weighted by Crippen LogP contribution is -2.49. The van der Waals surface area contributed by atoms with E-state index in [1.807, 2.05) is 48.3 Å². The molecule has 3 rings (SSSR count). The number of aryl methyl sites for hydroxylation is 1. The number of nitrogens with zero attached hydrogens (tertiary/aromatic N) is 3. The highest BCUT2D eigenvalue weighted by Gasteiger charge is 2.29. The summed E-state index contributed by atoms with van der Waals surface area (Å²) in [5.74, 6) is 0.598. The van der Waals surface area contributed by atoms with E-state index in [4.69, 9.17) is 0 Å². The van der Waals surface area contributed by atoms with Crippen LogP contribution in [-0.2, 0) is 7.05 Å². The van der Waals surface area contributed by atoms with Crippen molar-refractivity contribution in [3.63, 3.8) is 0 Å². The molecule has 1 saturated heterocycles. The summed E-state index contributed by atoms with van der Waals surface area (Å²) in [6, 6.07) is 12.5. The average molecular weight is 312 g/mol. The minimum absolute atomic E-state index is 0.0533. The first-order valence-corrected chi connectivity index (χ1v) is 8.25. The van der Waals surface area contributed by atoms with Crippen molar-refractivity contribution in [2.45, 2.75) is 45.2 Å². The number of carbonyl (C=O) groups excluding carboxylic acids is 1. The lowest BCUT2D eigenvalue weighted by molar-refractivity contribution is 0.133. The monoisotopic (exact) mass is 312 g/mol. The Morgan fingerprint density at radius 3 is 2.48 bits per heavy atom. The number of nitrogens with one attached hydrogen (secondary N) is 1. The van der Waals surface area contributed by atoms with E-state index in [0.29, 0.717) is 5.82 Å². The van der Waals surface area contributed by atoms with Crippen molar-refractivity contribution >= 4 is 11.8 Å². The van der Waals surface area contributed by atoms with Gasteiger partial charge in [0.1, 0.15) is 0 Å². The molecule has 1 aliphatic heterocycles. The van der Waals surface area contributed by atoms with Crippen LogP contribution < -0.4 is 5.32 Å². The summed E-state index contributed by atoms with van der Waals surface area (Å²) in [5.41, 5.74) is 2.07. The molecule has 122 valence electrons. The van der Waals surface area contributed by atoms with Crippen LogP contribution in [0.5, 0.6) is 0 Å². The molecule has 5 heteroatoms. The fourth-order valence-electron chi connectivity index (χ4n) is 3.40. The molecule has 1 fully saturated rings. The molecule has 1 aromatic heterocycles. The summed E-state index contributed by atoms with van der Waals surface area (Å²) < 4.78 is 1.80. The predicted octanol–water partition coefficient (Wildman–Crippen LogP) is 3.88. The van der Waals surface area contributed by atoms with Crippen LogP contribution in [0.2, 0.25) is 0 Å². The van der Waals surface area contributed by atoms with Crippen LogP contribution in [0.4, 0.5) is 10.6 Å². The van der Waals surface area contributed by atoms with Crippen molar-refractivity contribution in [1.82, 2.24) is 14.7 Å². The van der Waals surface area contributed by atoms with Gasteiger partial charge in [-0.2, -0.15) is 5.10 Å². The van der Waals surface area contributed by atoms with Gasteiger partial charge >= 0.3 is 6.03 Å². The Kier molecular flexibility index (Phi) is 4.37. The predicted molar refractivity (Wildman–Crippen MR) is 92.3 cm³/mol. The van der Waals surface area contributed by atoms with Gasteiger partial charge in [-0.3, -0.25) is 10.00 Å². The molecule has 2 heterocycles. The van der Waals surface area contributed by atoms with Crippen molar-refractivity contribution in [3.05, 3.63) is 36.4 Å². The second-order valence-electron chi connectivity index (χ2n) is 6.37. The molecule has 1 aliphatic rings. The van der Waals surface area contributed by atoms with Gasteiger partial charge in [0.2, 0.25) is 0 Å². The molecule has 2 aromatic rings. The maximum atomic E-state index is 12.6. The van der Waals surface area contributed by atoms with Gasteiger partial charge in [-0.25, -0.2) is 4.79 Å². The first-order valence-electron chi connectivity index (χ1n) is 8.25. The van der Waals surface area contributed by atoms with E-state index in [2.05, 4.69) is 24.3 Å². The number of urea groups is 1. The van der Waals surface area contributed by atoms with Gasteiger partial charge in [-0.1, -0.05) is 30.3 Å². The number of aromatic nitrogens is 2. The van der Waals surface area contributed by atoms with E-state index in [0.717, 1.165) is 24.1 Å². The minimum Gasteiger partial charge on any atom is -0.319 e. The number of carbonyl (C=O) groups is 1. The Bertz CT molecular complexity index is 670. The Morgan fingerprint density at radius 2 is 1.83 bits per heavy atom. The topological polar surface area (TPSA) is 50.2 Å². The standard InChI is InChI=1S/C18H24N4O/c1-13-8-7-9-14(2)22(13)18(23)19-17-12-16(21(3)20-17)15-10-5-4-6-11-15/h4-6,10-14H,7-9H2,1-3H3,(H,19,20,23). The summed E-state index contributed by atoms with van der Waals surface area (Å²) in [4.78, 5) is 14.6. The highest BCUT2D eigenvalue weighted by molar-refractivity contribution is 5.89. The van der Waals surface area contributed by atoms with E-state index in [-0.39, 0.29) is 18.1 Å². The van der Waals surface area contributed by atoms with E-state index in [9.17, 15) is 4.79 Å². The second-order valence-corrected chi connectivity index (χ2v) is 6.37. The number of anilines is 1. The van der Waals surface area contributed by atoms with Crippen LogP contribution in [0.3, 0.4) is 0 Å². The molecular weight excluding hydrogens is 288 g/mol. The number of rotatable bonds is 2. The lowest BCUT2D eigenvalue weighted by atomic mass is 9.98. The van der Waals surface area contributed by atoms with Gasteiger partial charge in [0.05, 0.1) is 5.69 Å². The van der Waals surface area contributed by atoms with E-state index in [1.54, 1.807) is 4.68 Å². The zero-order valence-corrected chi connectivity index (χ0v) is 14.0. The van der Waals surface area contributed by atoms with Crippen molar-refractivity contribution in [3.8, 4) is 11.3 Å². The number of hydrogen-bond donors (Lipinski definition) is 1. The molecule has 0 bridgehead atoms. The Hall–Kier alpha value is -2.30. The summed E-state index contributed by atoms with van der Waals surface area (Å²) >= 11 is 0. The molecule has 0 saturated carbocycles.